The Morgan fingerprint density at radius 1 is 1.47 bits per heavy atom. The van der Waals surface area contributed by atoms with E-state index >= 15 is 0 Å². The molecule has 0 aliphatic heterocycles. The minimum absolute atomic E-state index is 0.0597. The second-order valence-corrected chi connectivity index (χ2v) is 2.63. The van der Waals surface area contributed by atoms with E-state index in [-0.39, 0.29) is 17.9 Å². The van der Waals surface area contributed by atoms with Crippen LogP contribution in [0.3, 0.4) is 0 Å². The molecule has 0 N–H and O–H groups in total. The molecule has 1 aromatic carbocycles. The van der Waals surface area contributed by atoms with Gasteiger partial charge < -0.3 is 9.47 Å². The largest absolute Gasteiger partial charge is 0.462 e. The summed E-state index contributed by atoms with van der Waals surface area (Å²) in [4.78, 5) is 11.2. The Kier molecular flexibility index (Phi) is 4.03. The van der Waals surface area contributed by atoms with Gasteiger partial charge in [-0.15, -0.1) is 0 Å². The highest BCUT2D eigenvalue weighted by atomic mass is 19.3. The van der Waals surface area contributed by atoms with Crippen LogP contribution in [0.15, 0.2) is 24.3 Å². The predicted octanol–water partition coefficient (Wildman–Crippen LogP) is 2.46. The molecule has 0 saturated carbocycles. The summed E-state index contributed by atoms with van der Waals surface area (Å²) in [6.45, 7) is -1.00. The molecule has 0 bridgehead atoms. The maximum Gasteiger partial charge on any atom is 0.387 e. The lowest BCUT2D eigenvalue weighted by Gasteiger charge is -2.06. The number of hydrogen-bond donors (Lipinski definition) is 0. The van der Waals surface area contributed by atoms with Gasteiger partial charge in [-0.25, -0.2) is 4.79 Å². The number of hydrogen-bond acceptors (Lipinski definition) is 3. The van der Waals surface area contributed by atoms with Gasteiger partial charge in [0.05, 0.1) is 12.2 Å². The summed E-state index contributed by atoms with van der Waals surface area (Å²) in [5.41, 5.74) is 0.190. The molecule has 0 aromatic heterocycles. The first-order valence-corrected chi connectivity index (χ1v) is 4.35. The number of halogens is 2. The van der Waals surface area contributed by atoms with Crippen molar-refractivity contribution in [1.82, 2.24) is 0 Å². The van der Waals surface area contributed by atoms with Crippen LogP contribution in [-0.4, -0.2) is 19.2 Å². The molecule has 0 saturated heterocycles. The second kappa shape index (κ2) is 5.29. The van der Waals surface area contributed by atoms with Gasteiger partial charge in [0, 0.05) is 0 Å². The van der Waals surface area contributed by atoms with E-state index < -0.39 is 12.6 Å². The quantitative estimate of drug-likeness (QED) is 0.725. The fourth-order valence-corrected chi connectivity index (χ4v) is 1.01. The minimum Gasteiger partial charge on any atom is -0.462 e. The smallest absolute Gasteiger partial charge is 0.387 e. The number of esters is 1. The summed E-state index contributed by atoms with van der Waals surface area (Å²) in [6.07, 6.45) is 0. The number of carbonyl (C=O) groups excluding carboxylic acids is 1. The standard InChI is InChI=1S/C10H10F2O3/c1-2-14-9(13)7-4-3-5-8(6-7)15-10(11)12/h3-6,10H,2H2,1H3. The van der Waals surface area contributed by atoms with Gasteiger partial charge in [-0.1, -0.05) is 6.07 Å². The lowest BCUT2D eigenvalue weighted by molar-refractivity contribution is -0.0499. The van der Waals surface area contributed by atoms with Gasteiger partial charge in [0.25, 0.3) is 0 Å². The summed E-state index contributed by atoms with van der Waals surface area (Å²) < 4.78 is 32.6. The topological polar surface area (TPSA) is 35.5 Å². The number of ether oxygens (including phenoxy) is 2. The third-order valence-corrected chi connectivity index (χ3v) is 1.57. The van der Waals surface area contributed by atoms with Gasteiger partial charge in [0.15, 0.2) is 0 Å². The predicted molar refractivity (Wildman–Crippen MR) is 49.0 cm³/mol. The Bertz CT molecular complexity index is 339. The van der Waals surface area contributed by atoms with E-state index in [1.54, 1.807) is 6.92 Å². The molecule has 0 aliphatic rings. The highest BCUT2D eigenvalue weighted by molar-refractivity contribution is 5.89. The highest BCUT2D eigenvalue weighted by Gasteiger charge is 2.09. The van der Waals surface area contributed by atoms with Crippen LogP contribution in [0.5, 0.6) is 5.75 Å². The first kappa shape index (κ1) is 11.4. The number of benzene rings is 1. The van der Waals surface area contributed by atoms with Crippen molar-refractivity contribution in [3.05, 3.63) is 29.8 Å². The van der Waals surface area contributed by atoms with E-state index in [1.807, 2.05) is 0 Å². The van der Waals surface area contributed by atoms with Gasteiger partial charge in [-0.3, -0.25) is 0 Å². The summed E-state index contributed by atoms with van der Waals surface area (Å²) in [5, 5.41) is 0. The zero-order chi connectivity index (χ0) is 11.3. The third-order valence-electron chi connectivity index (χ3n) is 1.57. The molecule has 0 unspecified atom stereocenters. The normalized spacial score (nSPS) is 10.1. The fraction of sp³-hybridized carbons (Fsp3) is 0.300. The van der Waals surface area contributed by atoms with E-state index in [4.69, 9.17) is 4.74 Å². The molecular weight excluding hydrogens is 206 g/mol. The lowest BCUT2D eigenvalue weighted by Crippen LogP contribution is -2.06. The van der Waals surface area contributed by atoms with Crippen molar-refractivity contribution in [3.8, 4) is 5.75 Å². The van der Waals surface area contributed by atoms with Crippen LogP contribution < -0.4 is 4.74 Å². The lowest BCUT2D eigenvalue weighted by atomic mass is 10.2. The molecule has 15 heavy (non-hydrogen) atoms. The molecule has 82 valence electrons. The Labute approximate surface area is 85.6 Å². The van der Waals surface area contributed by atoms with Crippen LogP contribution in [0.4, 0.5) is 8.78 Å². The molecule has 5 heteroatoms. The molecule has 0 spiro atoms. The Balaban J connectivity index is 2.78. The van der Waals surface area contributed by atoms with Crippen LogP contribution in [0.25, 0.3) is 0 Å². The van der Waals surface area contributed by atoms with E-state index in [2.05, 4.69) is 4.74 Å². The zero-order valence-electron chi connectivity index (χ0n) is 8.07. The van der Waals surface area contributed by atoms with Gasteiger partial charge in [0.2, 0.25) is 0 Å². The molecule has 0 atom stereocenters. The SMILES string of the molecule is CCOC(=O)c1cccc(OC(F)F)c1. The molecule has 1 aromatic rings. The molecule has 0 fully saturated rings. The van der Waals surface area contributed by atoms with Crippen LogP contribution >= 0.6 is 0 Å². The van der Waals surface area contributed by atoms with E-state index in [1.165, 1.54) is 24.3 Å². The van der Waals surface area contributed by atoms with Crippen molar-refractivity contribution < 1.29 is 23.0 Å². The molecule has 0 heterocycles. The van der Waals surface area contributed by atoms with Crippen LogP contribution in [0, 0.1) is 0 Å². The van der Waals surface area contributed by atoms with Crippen molar-refractivity contribution in [2.24, 2.45) is 0 Å². The molecule has 0 amide bonds. The summed E-state index contributed by atoms with van der Waals surface area (Å²) in [6, 6.07) is 5.47. The van der Waals surface area contributed by atoms with Crippen molar-refractivity contribution >= 4 is 5.97 Å². The Morgan fingerprint density at radius 2 is 2.20 bits per heavy atom. The van der Waals surface area contributed by atoms with Gasteiger partial charge in [-0.05, 0) is 25.1 Å². The highest BCUT2D eigenvalue weighted by Crippen LogP contribution is 2.16. The molecule has 0 radical (unpaired) electrons. The van der Waals surface area contributed by atoms with Crippen molar-refractivity contribution in [3.63, 3.8) is 0 Å². The van der Waals surface area contributed by atoms with Gasteiger partial charge in [0.1, 0.15) is 5.75 Å². The first-order valence-electron chi connectivity index (χ1n) is 4.35. The van der Waals surface area contributed by atoms with Gasteiger partial charge in [-0.2, -0.15) is 8.78 Å². The third kappa shape index (κ3) is 3.53. The van der Waals surface area contributed by atoms with E-state index in [0.29, 0.717) is 0 Å². The summed E-state index contributed by atoms with van der Waals surface area (Å²) in [5.74, 6) is -0.618. The molecule has 0 aliphatic carbocycles. The van der Waals surface area contributed by atoms with E-state index in [0.717, 1.165) is 0 Å². The number of alkyl halides is 2. The van der Waals surface area contributed by atoms with Crippen molar-refractivity contribution in [2.75, 3.05) is 6.61 Å². The Hall–Kier alpha value is -1.65. The second-order valence-electron chi connectivity index (χ2n) is 2.63. The van der Waals surface area contributed by atoms with Gasteiger partial charge >= 0.3 is 12.6 Å². The monoisotopic (exact) mass is 216 g/mol. The number of rotatable bonds is 4. The molecular formula is C10H10F2O3. The average molecular weight is 216 g/mol. The maximum atomic E-state index is 11.9. The average Bonchev–Trinajstić information content (AvgIpc) is 2.17. The summed E-state index contributed by atoms with van der Waals surface area (Å²) in [7, 11) is 0. The van der Waals surface area contributed by atoms with E-state index in [9.17, 15) is 13.6 Å². The molecule has 1 rings (SSSR count). The Morgan fingerprint density at radius 3 is 2.80 bits per heavy atom. The number of carbonyl (C=O) groups is 1. The van der Waals surface area contributed by atoms with Crippen LogP contribution in [0.1, 0.15) is 17.3 Å². The fourth-order valence-electron chi connectivity index (χ4n) is 1.01. The maximum absolute atomic E-state index is 11.9. The minimum atomic E-state index is -2.90. The zero-order valence-corrected chi connectivity index (χ0v) is 8.07. The first-order chi connectivity index (χ1) is 7.13. The van der Waals surface area contributed by atoms with Crippen LogP contribution in [0.2, 0.25) is 0 Å². The summed E-state index contributed by atoms with van der Waals surface area (Å²) >= 11 is 0. The molecule has 3 nitrogen and oxygen atoms in total. The van der Waals surface area contributed by atoms with Crippen LogP contribution in [-0.2, 0) is 4.74 Å². The van der Waals surface area contributed by atoms with Crippen molar-refractivity contribution in [1.29, 1.82) is 0 Å². The van der Waals surface area contributed by atoms with Crippen molar-refractivity contribution in [2.45, 2.75) is 13.5 Å².